The molecule has 3 rings (SSSR count). The van der Waals surface area contributed by atoms with E-state index in [0.29, 0.717) is 31.8 Å². The monoisotopic (exact) mass is 322 g/mol. The summed E-state index contributed by atoms with van der Waals surface area (Å²) in [5.41, 5.74) is 3.82. The van der Waals surface area contributed by atoms with Crippen molar-refractivity contribution in [3.8, 4) is 0 Å². The molecular formula is C22H26O2. The molecule has 1 unspecified atom stereocenters. The van der Waals surface area contributed by atoms with Gasteiger partial charge in [-0.05, 0) is 35.5 Å². The maximum absolute atomic E-state index is 6.14. The minimum atomic E-state index is 0.292. The molecule has 2 nitrogen and oxygen atoms in total. The van der Waals surface area contributed by atoms with E-state index in [0.717, 1.165) is 12.8 Å². The molecule has 2 atom stereocenters. The van der Waals surface area contributed by atoms with Gasteiger partial charge in [0, 0.05) is 0 Å². The van der Waals surface area contributed by atoms with Gasteiger partial charge in [-0.2, -0.15) is 0 Å². The van der Waals surface area contributed by atoms with Crippen molar-refractivity contribution in [2.45, 2.75) is 39.1 Å². The second kappa shape index (κ2) is 8.81. The summed E-state index contributed by atoms with van der Waals surface area (Å²) < 4.78 is 12.0. The molecule has 126 valence electrons. The third kappa shape index (κ3) is 5.33. The lowest BCUT2D eigenvalue weighted by Gasteiger charge is -2.27. The Kier molecular flexibility index (Phi) is 6.22. The zero-order valence-corrected chi connectivity index (χ0v) is 14.4. The SMILES string of the molecule is CC1C=C(COCc2ccccc2)C[C@H](OCc2ccccc2)C1. The van der Waals surface area contributed by atoms with E-state index in [9.17, 15) is 0 Å². The second-order valence-corrected chi connectivity index (χ2v) is 6.64. The fourth-order valence-electron chi connectivity index (χ4n) is 3.23. The van der Waals surface area contributed by atoms with E-state index in [2.05, 4.69) is 49.4 Å². The smallest absolute Gasteiger partial charge is 0.0721 e. The van der Waals surface area contributed by atoms with Gasteiger partial charge in [0.05, 0.1) is 25.9 Å². The van der Waals surface area contributed by atoms with Crippen LogP contribution in [0.25, 0.3) is 0 Å². The van der Waals surface area contributed by atoms with Gasteiger partial charge in [0.25, 0.3) is 0 Å². The van der Waals surface area contributed by atoms with Crippen LogP contribution >= 0.6 is 0 Å². The largest absolute Gasteiger partial charge is 0.373 e. The molecule has 0 radical (unpaired) electrons. The van der Waals surface area contributed by atoms with E-state index < -0.39 is 0 Å². The molecule has 0 saturated carbocycles. The van der Waals surface area contributed by atoms with Gasteiger partial charge in [0.2, 0.25) is 0 Å². The first kappa shape index (κ1) is 16.9. The first-order valence-corrected chi connectivity index (χ1v) is 8.76. The molecule has 1 aliphatic rings. The number of hydrogen-bond donors (Lipinski definition) is 0. The predicted molar refractivity (Wildman–Crippen MR) is 97.6 cm³/mol. The van der Waals surface area contributed by atoms with Crippen LogP contribution < -0.4 is 0 Å². The van der Waals surface area contributed by atoms with Crippen molar-refractivity contribution >= 4 is 0 Å². The van der Waals surface area contributed by atoms with E-state index in [-0.39, 0.29) is 0 Å². The van der Waals surface area contributed by atoms with Crippen LogP contribution in [-0.4, -0.2) is 12.7 Å². The maximum atomic E-state index is 6.14. The Labute approximate surface area is 145 Å². The molecule has 2 heteroatoms. The van der Waals surface area contributed by atoms with E-state index in [1.54, 1.807) is 0 Å². The quantitative estimate of drug-likeness (QED) is 0.657. The molecule has 0 heterocycles. The number of benzene rings is 2. The average molecular weight is 322 g/mol. The predicted octanol–water partition coefficient (Wildman–Crippen LogP) is 5.14. The third-order valence-corrected chi connectivity index (χ3v) is 4.37. The van der Waals surface area contributed by atoms with Crippen LogP contribution in [0, 0.1) is 5.92 Å². The van der Waals surface area contributed by atoms with Crippen molar-refractivity contribution in [2.24, 2.45) is 5.92 Å². The van der Waals surface area contributed by atoms with Gasteiger partial charge in [-0.25, -0.2) is 0 Å². The Morgan fingerprint density at radius 1 is 0.833 bits per heavy atom. The molecular weight excluding hydrogens is 296 g/mol. The zero-order valence-electron chi connectivity index (χ0n) is 14.4. The third-order valence-electron chi connectivity index (χ3n) is 4.37. The van der Waals surface area contributed by atoms with Gasteiger partial charge in [-0.15, -0.1) is 0 Å². The lowest BCUT2D eigenvalue weighted by molar-refractivity contribution is 0.0211. The van der Waals surface area contributed by atoms with Crippen molar-refractivity contribution < 1.29 is 9.47 Å². The van der Waals surface area contributed by atoms with Crippen LogP contribution in [0.5, 0.6) is 0 Å². The fourth-order valence-corrected chi connectivity index (χ4v) is 3.23. The highest BCUT2D eigenvalue weighted by molar-refractivity contribution is 5.15. The molecule has 0 bridgehead atoms. The van der Waals surface area contributed by atoms with Crippen molar-refractivity contribution in [3.05, 3.63) is 83.4 Å². The number of hydrogen-bond acceptors (Lipinski definition) is 2. The summed E-state index contributed by atoms with van der Waals surface area (Å²) in [6, 6.07) is 20.7. The second-order valence-electron chi connectivity index (χ2n) is 6.64. The molecule has 0 fully saturated rings. The number of ether oxygens (including phenoxy) is 2. The lowest BCUT2D eigenvalue weighted by atomic mass is 9.90. The van der Waals surface area contributed by atoms with Gasteiger partial charge < -0.3 is 9.47 Å². The minimum absolute atomic E-state index is 0.292. The molecule has 0 saturated heterocycles. The number of rotatable bonds is 7. The van der Waals surface area contributed by atoms with Gasteiger partial charge in [-0.1, -0.05) is 73.7 Å². The van der Waals surface area contributed by atoms with Crippen molar-refractivity contribution in [3.63, 3.8) is 0 Å². The average Bonchev–Trinajstić information content (AvgIpc) is 2.61. The minimum Gasteiger partial charge on any atom is -0.373 e. The zero-order chi connectivity index (χ0) is 16.6. The van der Waals surface area contributed by atoms with Gasteiger partial charge in [0.15, 0.2) is 0 Å². The maximum Gasteiger partial charge on any atom is 0.0721 e. The van der Waals surface area contributed by atoms with Gasteiger partial charge >= 0.3 is 0 Å². The fraction of sp³-hybridized carbons (Fsp3) is 0.364. The van der Waals surface area contributed by atoms with Crippen LogP contribution in [0.4, 0.5) is 0 Å². The summed E-state index contributed by atoms with van der Waals surface area (Å²) in [6.07, 6.45) is 4.72. The summed E-state index contributed by atoms with van der Waals surface area (Å²) in [6.45, 7) is 4.32. The van der Waals surface area contributed by atoms with Crippen molar-refractivity contribution in [1.29, 1.82) is 0 Å². The highest BCUT2D eigenvalue weighted by Crippen LogP contribution is 2.26. The number of allylic oxidation sites excluding steroid dienone is 1. The molecule has 0 aliphatic heterocycles. The van der Waals surface area contributed by atoms with Gasteiger partial charge in [0.1, 0.15) is 0 Å². The highest BCUT2D eigenvalue weighted by atomic mass is 16.5. The first-order chi connectivity index (χ1) is 11.8. The Morgan fingerprint density at radius 2 is 1.46 bits per heavy atom. The molecule has 2 aromatic carbocycles. The molecule has 0 spiro atoms. The summed E-state index contributed by atoms with van der Waals surface area (Å²) in [5.74, 6) is 0.551. The lowest BCUT2D eigenvalue weighted by Crippen LogP contribution is -2.22. The molecule has 2 aromatic rings. The molecule has 1 aliphatic carbocycles. The molecule has 0 amide bonds. The molecule has 0 aromatic heterocycles. The van der Waals surface area contributed by atoms with Gasteiger partial charge in [-0.3, -0.25) is 0 Å². The Bertz CT molecular complexity index is 634. The summed E-state index contributed by atoms with van der Waals surface area (Å²) in [7, 11) is 0. The first-order valence-electron chi connectivity index (χ1n) is 8.76. The summed E-state index contributed by atoms with van der Waals surface area (Å²) >= 11 is 0. The van der Waals surface area contributed by atoms with Crippen LogP contribution in [0.2, 0.25) is 0 Å². The topological polar surface area (TPSA) is 18.5 Å². The summed E-state index contributed by atoms with van der Waals surface area (Å²) in [5, 5.41) is 0. The standard InChI is InChI=1S/C22H26O2/c1-18-12-21(16-23-15-19-8-4-2-5-9-19)14-22(13-18)24-17-20-10-6-3-7-11-20/h2-12,18,22H,13-17H2,1H3/t18?,22-/m1/s1. The van der Waals surface area contributed by atoms with Crippen molar-refractivity contribution in [1.82, 2.24) is 0 Å². The van der Waals surface area contributed by atoms with Crippen LogP contribution in [0.3, 0.4) is 0 Å². The molecule has 0 N–H and O–H groups in total. The van der Waals surface area contributed by atoms with E-state index in [1.807, 2.05) is 24.3 Å². The van der Waals surface area contributed by atoms with Crippen LogP contribution in [-0.2, 0) is 22.7 Å². The van der Waals surface area contributed by atoms with Crippen molar-refractivity contribution in [2.75, 3.05) is 6.61 Å². The van der Waals surface area contributed by atoms with E-state index in [1.165, 1.54) is 16.7 Å². The van der Waals surface area contributed by atoms with Crippen LogP contribution in [0.15, 0.2) is 72.3 Å². The van der Waals surface area contributed by atoms with Crippen LogP contribution in [0.1, 0.15) is 30.9 Å². The summed E-state index contributed by atoms with van der Waals surface area (Å²) in [4.78, 5) is 0. The normalized spacial score (nSPS) is 20.6. The van der Waals surface area contributed by atoms with E-state index in [4.69, 9.17) is 9.47 Å². The molecule has 24 heavy (non-hydrogen) atoms. The highest BCUT2D eigenvalue weighted by Gasteiger charge is 2.20. The van der Waals surface area contributed by atoms with E-state index >= 15 is 0 Å². The Balaban J connectivity index is 1.46. The Morgan fingerprint density at radius 3 is 2.12 bits per heavy atom. The Hall–Kier alpha value is -1.90.